The zero-order chi connectivity index (χ0) is 28.7. The summed E-state index contributed by atoms with van der Waals surface area (Å²) in [6.45, 7) is 5.84. The third-order valence-electron chi connectivity index (χ3n) is 9.37. The molecule has 2 unspecified atom stereocenters. The monoisotopic (exact) mass is 558 g/mol. The van der Waals surface area contributed by atoms with Crippen molar-refractivity contribution >= 4 is 5.97 Å². The number of carboxylic acid groups (broad SMARTS) is 1. The number of ether oxygens (including phenoxy) is 2. The number of carboxylic acids is 1. The van der Waals surface area contributed by atoms with Gasteiger partial charge in [-0.3, -0.25) is 9.69 Å². The second-order valence-corrected chi connectivity index (χ2v) is 12.1. The maximum atomic E-state index is 15.1. The molecular formula is C34H39FN2O4. The SMILES string of the molecule is COc1cc(-c2ccc(C3CCc4ccc(C(C5CC5)[C@H](C)C(=O)O)cc4O3)cc2CN2CCC[C@H]2C)c(F)cn1. The maximum absolute atomic E-state index is 15.1. The van der Waals surface area contributed by atoms with Crippen molar-refractivity contribution in [3.63, 3.8) is 0 Å². The molecule has 41 heavy (non-hydrogen) atoms. The van der Waals surface area contributed by atoms with E-state index >= 15 is 4.39 Å². The fraction of sp³-hybridized carbons (Fsp3) is 0.471. The maximum Gasteiger partial charge on any atom is 0.306 e. The summed E-state index contributed by atoms with van der Waals surface area (Å²) in [5, 5.41) is 9.75. The average Bonchev–Trinajstić information content (AvgIpc) is 3.73. The van der Waals surface area contributed by atoms with Gasteiger partial charge >= 0.3 is 5.97 Å². The van der Waals surface area contributed by atoms with Crippen molar-refractivity contribution in [3.05, 3.63) is 76.7 Å². The number of benzene rings is 2. The number of fused-ring (bicyclic) bond motifs is 1. The van der Waals surface area contributed by atoms with Crippen LogP contribution in [0.3, 0.4) is 0 Å². The molecule has 216 valence electrons. The van der Waals surface area contributed by atoms with E-state index in [-0.39, 0.29) is 17.8 Å². The Hall–Kier alpha value is -3.45. The Labute approximate surface area is 241 Å². The Balaban J connectivity index is 1.32. The number of nitrogens with zero attached hydrogens (tertiary/aromatic N) is 2. The van der Waals surface area contributed by atoms with Gasteiger partial charge in [-0.05, 0) is 97.7 Å². The summed E-state index contributed by atoms with van der Waals surface area (Å²) in [7, 11) is 1.54. The summed E-state index contributed by atoms with van der Waals surface area (Å²) in [6.07, 6.45) is 7.33. The van der Waals surface area contributed by atoms with Gasteiger partial charge in [-0.2, -0.15) is 0 Å². The molecule has 0 spiro atoms. The van der Waals surface area contributed by atoms with Gasteiger partial charge in [0, 0.05) is 24.2 Å². The minimum atomic E-state index is -0.749. The van der Waals surface area contributed by atoms with Crippen molar-refractivity contribution in [1.29, 1.82) is 0 Å². The topological polar surface area (TPSA) is 71.9 Å². The van der Waals surface area contributed by atoms with Gasteiger partial charge in [0.05, 0.1) is 19.2 Å². The minimum Gasteiger partial charge on any atom is -0.485 e. The first-order valence-electron chi connectivity index (χ1n) is 14.9. The largest absolute Gasteiger partial charge is 0.485 e. The van der Waals surface area contributed by atoms with Gasteiger partial charge < -0.3 is 14.6 Å². The average molecular weight is 559 g/mol. The van der Waals surface area contributed by atoms with Crippen molar-refractivity contribution in [3.8, 4) is 22.8 Å². The summed E-state index contributed by atoms with van der Waals surface area (Å²) in [5.41, 5.74) is 5.70. The molecule has 3 aliphatic rings. The van der Waals surface area contributed by atoms with Crippen LogP contribution in [-0.4, -0.2) is 40.7 Å². The number of hydrogen-bond donors (Lipinski definition) is 1. The lowest BCUT2D eigenvalue weighted by atomic mass is 9.82. The molecule has 2 aromatic carbocycles. The number of methoxy groups -OCH3 is 1. The molecule has 4 atom stereocenters. The van der Waals surface area contributed by atoms with E-state index in [2.05, 4.69) is 47.1 Å². The molecule has 2 aliphatic heterocycles. The zero-order valence-electron chi connectivity index (χ0n) is 24.1. The van der Waals surface area contributed by atoms with Crippen LogP contribution in [0.1, 0.15) is 80.2 Å². The number of carbonyl (C=O) groups is 1. The molecule has 7 heteroatoms. The number of aliphatic carboxylic acids is 1. The molecular weight excluding hydrogens is 519 g/mol. The first kappa shape index (κ1) is 27.7. The van der Waals surface area contributed by atoms with Gasteiger partial charge in [-0.15, -0.1) is 0 Å². The second-order valence-electron chi connectivity index (χ2n) is 12.1. The molecule has 6 rings (SSSR count). The van der Waals surface area contributed by atoms with Gasteiger partial charge in [0.2, 0.25) is 5.88 Å². The molecule has 0 amide bonds. The summed E-state index contributed by atoms with van der Waals surface area (Å²) >= 11 is 0. The Morgan fingerprint density at radius 3 is 2.68 bits per heavy atom. The minimum absolute atomic E-state index is 0.00219. The predicted molar refractivity (Wildman–Crippen MR) is 156 cm³/mol. The van der Waals surface area contributed by atoms with E-state index in [0.717, 1.165) is 72.3 Å². The van der Waals surface area contributed by atoms with E-state index in [1.165, 1.54) is 19.0 Å². The lowest BCUT2D eigenvalue weighted by Gasteiger charge is -2.30. The number of aromatic nitrogens is 1. The zero-order valence-corrected chi connectivity index (χ0v) is 24.1. The standard InChI is InChI=1S/C34H39FN2O4/c1-20-5-4-14-37(20)19-26-15-24(10-12-27(26)28-17-32(40-3)36-18-29(28)35)30-13-11-22-6-9-25(16-31(22)41-30)33(23-7-8-23)21(2)34(38)39/h6,9-10,12,15-18,20-21,23,30,33H,4-5,7-8,11,13-14,19H2,1-3H3,(H,38,39)/t20-,21+,30?,33?/m1/s1. The highest BCUT2D eigenvalue weighted by Gasteiger charge is 2.39. The second kappa shape index (κ2) is 11.4. The van der Waals surface area contributed by atoms with Gasteiger partial charge in [-0.25, -0.2) is 9.37 Å². The Kier molecular flexibility index (Phi) is 7.73. The van der Waals surface area contributed by atoms with Gasteiger partial charge in [0.1, 0.15) is 17.7 Å². The van der Waals surface area contributed by atoms with Gasteiger partial charge in [0.15, 0.2) is 0 Å². The highest BCUT2D eigenvalue weighted by atomic mass is 19.1. The molecule has 1 N–H and O–H groups in total. The van der Waals surface area contributed by atoms with Crippen LogP contribution >= 0.6 is 0 Å². The molecule has 3 heterocycles. The summed E-state index contributed by atoms with van der Waals surface area (Å²) in [4.78, 5) is 18.4. The number of pyridine rings is 1. The van der Waals surface area contributed by atoms with Crippen LogP contribution in [0.5, 0.6) is 11.6 Å². The Morgan fingerprint density at radius 2 is 1.98 bits per heavy atom. The van der Waals surface area contributed by atoms with E-state index < -0.39 is 11.9 Å². The van der Waals surface area contributed by atoms with Crippen LogP contribution in [0.4, 0.5) is 4.39 Å². The van der Waals surface area contributed by atoms with E-state index in [1.54, 1.807) is 13.2 Å². The van der Waals surface area contributed by atoms with Crippen LogP contribution in [0, 0.1) is 17.7 Å². The quantitative estimate of drug-likeness (QED) is 0.300. The summed E-state index contributed by atoms with van der Waals surface area (Å²) < 4.78 is 27.0. The fourth-order valence-electron chi connectivity index (χ4n) is 6.80. The molecule has 2 fully saturated rings. The first-order valence-corrected chi connectivity index (χ1v) is 14.9. The van der Waals surface area contributed by atoms with Crippen molar-refractivity contribution in [2.45, 2.75) is 77.0 Å². The third-order valence-corrected chi connectivity index (χ3v) is 9.37. The number of rotatable bonds is 9. The molecule has 1 aromatic heterocycles. The van der Waals surface area contributed by atoms with Crippen molar-refractivity contribution in [2.75, 3.05) is 13.7 Å². The Morgan fingerprint density at radius 1 is 1.15 bits per heavy atom. The van der Waals surface area contributed by atoms with Gasteiger partial charge in [0.25, 0.3) is 0 Å². The number of halogens is 1. The summed E-state index contributed by atoms with van der Waals surface area (Å²) in [6, 6.07) is 14.7. The smallest absolute Gasteiger partial charge is 0.306 e. The van der Waals surface area contributed by atoms with E-state index in [0.29, 0.717) is 23.4 Å². The third kappa shape index (κ3) is 5.69. The van der Waals surface area contributed by atoms with Crippen LogP contribution in [0.2, 0.25) is 0 Å². The highest BCUT2D eigenvalue weighted by molar-refractivity contribution is 5.71. The molecule has 3 aromatic rings. The van der Waals surface area contributed by atoms with E-state index in [9.17, 15) is 9.90 Å². The van der Waals surface area contributed by atoms with Crippen LogP contribution in [0.25, 0.3) is 11.1 Å². The Bertz CT molecular complexity index is 1440. The molecule has 0 radical (unpaired) electrons. The van der Waals surface area contributed by atoms with Gasteiger partial charge in [-0.1, -0.05) is 37.3 Å². The first-order chi connectivity index (χ1) is 19.8. The number of hydrogen-bond acceptors (Lipinski definition) is 5. The lowest BCUT2D eigenvalue weighted by Crippen LogP contribution is -2.26. The molecule has 1 saturated carbocycles. The lowest BCUT2D eigenvalue weighted by molar-refractivity contribution is -0.142. The van der Waals surface area contributed by atoms with Crippen LogP contribution in [-0.2, 0) is 17.8 Å². The molecule has 1 aliphatic carbocycles. The van der Waals surface area contributed by atoms with Crippen molar-refractivity contribution in [1.82, 2.24) is 9.88 Å². The fourth-order valence-corrected chi connectivity index (χ4v) is 6.80. The van der Waals surface area contributed by atoms with Crippen LogP contribution < -0.4 is 9.47 Å². The van der Waals surface area contributed by atoms with E-state index in [1.807, 2.05) is 13.0 Å². The van der Waals surface area contributed by atoms with E-state index in [4.69, 9.17) is 9.47 Å². The number of aryl methyl sites for hydroxylation is 1. The summed E-state index contributed by atoms with van der Waals surface area (Å²) in [5.74, 6) is 0.111. The van der Waals surface area contributed by atoms with Crippen LogP contribution in [0.15, 0.2) is 48.7 Å². The predicted octanol–water partition coefficient (Wildman–Crippen LogP) is 7.16. The normalized spacial score (nSPS) is 22.0. The molecule has 1 saturated heterocycles. The molecule has 6 nitrogen and oxygen atoms in total. The highest BCUT2D eigenvalue weighted by Crippen LogP contribution is 2.48. The van der Waals surface area contributed by atoms with Crippen molar-refractivity contribution in [2.24, 2.45) is 11.8 Å². The number of likely N-dealkylation sites (tertiary alicyclic amines) is 1. The van der Waals surface area contributed by atoms with Crippen molar-refractivity contribution < 1.29 is 23.8 Å². The molecule has 0 bridgehead atoms.